The van der Waals surface area contributed by atoms with Crippen molar-refractivity contribution in [2.45, 2.75) is 46.5 Å². The monoisotopic (exact) mass is 195 g/mol. The van der Waals surface area contributed by atoms with Crippen molar-refractivity contribution >= 4 is 5.90 Å². The van der Waals surface area contributed by atoms with Gasteiger partial charge in [0.25, 0.3) is 0 Å². The van der Waals surface area contributed by atoms with Crippen molar-refractivity contribution in [3.63, 3.8) is 0 Å². The largest absolute Gasteiger partial charge is 0.484 e. The summed E-state index contributed by atoms with van der Waals surface area (Å²) in [6, 6.07) is 0. The molecule has 2 nitrogen and oxygen atoms in total. The van der Waals surface area contributed by atoms with Gasteiger partial charge in [-0.2, -0.15) is 0 Å². The minimum atomic E-state index is 0.257. The molecule has 0 bridgehead atoms. The molecule has 0 saturated carbocycles. The van der Waals surface area contributed by atoms with Gasteiger partial charge in [-0.15, -0.1) is 0 Å². The zero-order chi connectivity index (χ0) is 10.8. The highest BCUT2D eigenvalue weighted by atomic mass is 16.5. The van der Waals surface area contributed by atoms with Crippen LogP contribution in [0.2, 0.25) is 0 Å². The average molecular weight is 195 g/mol. The van der Waals surface area contributed by atoms with Gasteiger partial charge in [0.1, 0.15) is 0 Å². The molecule has 0 amide bonds. The Morgan fingerprint density at radius 3 is 2.64 bits per heavy atom. The van der Waals surface area contributed by atoms with E-state index in [0.717, 1.165) is 0 Å². The Labute approximate surface area is 86.9 Å². The van der Waals surface area contributed by atoms with Gasteiger partial charge in [-0.05, 0) is 31.6 Å². The number of nitrogens with one attached hydrogen (secondary N) is 1. The van der Waals surface area contributed by atoms with Gasteiger partial charge in [-0.25, -0.2) is 0 Å². The second-order valence-electron chi connectivity index (χ2n) is 4.80. The number of hydrogen-bond donors (Lipinski definition) is 1. The summed E-state index contributed by atoms with van der Waals surface area (Å²) in [6.45, 7) is 6.74. The van der Waals surface area contributed by atoms with E-state index < -0.39 is 0 Å². The smallest absolute Gasteiger partial charge is 0.184 e. The third kappa shape index (κ3) is 2.37. The fourth-order valence-corrected chi connectivity index (χ4v) is 2.30. The molecule has 0 unspecified atom stereocenters. The summed E-state index contributed by atoms with van der Waals surface area (Å²) >= 11 is 0. The minimum absolute atomic E-state index is 0.257. The molecular formula is C12H21NO. The molecule has 1 aliphatic carbocycles. The molecule has 0 aromatic heterocycles. The van der Waals surface area contributed by atoms with Gasteiger partial charge in [0, 0.05) is 6.42 Å². The Balaban J connectivity index is 2.85. The van der Waals surface area contributed by atoms with Crippen molar-refractivity contribution in [2.24, 2.45) is 5.41 Å². The van der Waals surface area contributed by atoms with Gasteiger partial charge in [-0.1, -0.05) is 25.0 Å². The number of allylic oxidation sites excluding steroid dienone is 1. The molecular weight excluding hydrogens is 174 g/mol. The normalized spacial score (nSPS) is 20.9. The van der Waals surface area contributed by atoms with Crippen LogP contribution in [0.1, 0.15) is 46.5 Å². The van der Waals surface area contributed by atoms with Crippen molar-refractivity contribution in [1.82, 2.24) is 0 Å². The second-order valence-corrected chi connectivity index (χ2v) is 4.80. The van der Waals surface area contributed by atoms with Crippen molar-refractivity contribution in [3.05, 3.63) is 11.1 Å². The van der Waals surface area contributed by atoms with Crippen molar-refractivity contribution in [3.8, 4) is 0 Å². The summed E-state index contributed by atoms with van der Waals surface area (Å²) in [5.74, 6) is 0.384. The molecule has 2 heteroatoms. The quantitative estimate of drug-likeness (QED) is 0.408. The average Bonchev–Trinajstić information content (AvgIpc) is 2.11. The summed E-state index contributed by atoms with van der Waals surface area (Å²) in [7, 11) is 1.58. The summed E-state index contributed by atoms with van der Waals surface area (Å²) in [5.41, 5.74) is 3.13. The van der Waals surface area contributed by atoms with Gasteiger partial charge in [0.2, 0.25) is 0 Å². The molecule has 0 aromatic carbocycles. The SMILES string of the molecule is COC(=N)CC1=C(C)CCCC1(C)C. The summed E-state index contributed by atoms with van der Waals surface area (Å²) in [4.78, 5) is 0. The Morgan fingerprint density at radius 1 is 1.50 bits per heavy atom. The van der Waals surface area contributed by atoms with Gasteiger partial charge >= 0.3 is 0 Å². The molecule has 0 fully saturated rings. The minimum Gasteiger partial charge on any atom is -0.484 e. The van der Waals surface area contributed by atoms with E-state index in [1.165, 1.54) is 30.4 Å². The fraction of sp³-hybridized carbons (Fsp3) is 0.750. The maximum Gasteiger partial charge on any atom is 0.184 e. The Morgan fingerprint density at radius 2 is 2.14 bits per heavy atom. The highest BCUT2D eigenvalue weighted by Crippen LogP contribution is 2.41. The lowest BCUT2D eigenvalue weighted by Crippen LogP contribution is -2.22. The maximum atomic E-state index is 7.58. The number of rotatable bonds is 2. The molecule has 0 spiro atoms. The number of hydrogen-bond acceptors (Lipinski definition) is 2. The van der Waals surface area contributed by atoms with E-state index in [1.54, 1.807) is 7.11 Å². The van der Waals surface area contributed by atoms with Crippen LogP contribution in [-0.2, 0) is 4.74 Å². The molecule has 14 heavy (non-hydrogen) atoms. The predicted molar refractivity (Wildman–Crippen MR) is 59.7 cm³/mol. The molecule has 0 radical (unpaired) electrons. The molecule has 1 rings (SSSR count). The van der Waals surface area contributed by atoms with E-state index in [9.17, 15) is 0 Å². The van der Waals surface area contributed by atoms with Crippen LogP contribution < -0.4 is 0 Å². The summed E-state index contributed by atoms with van der Waals surface area (Å²) in [5, 5.41) is 7.58. The molecule has 0 heterocycles. The first-order valence-electron chi connectivity index (χ1n) is 5.28. The van der Waals surface area contributed by atoms with E-state index in [4.69, 9.17) is 10.1 Å². The lowest BCUT2D eigenvalue weighted by atomic mass is 9.71. The van der Waals surface area contributed by atoms with Crippen molar-refractivity contribution in [1.29, 1.82) is 5.41 Å². The van der Waals surface area contributed by atoms with Gasteiger partial charge in [-0.3, -0.25) is 5.41 Å². The molecule has 0 saturated heterocycles. The van der Waals surface area contributed by atoms with Gasteiger partial charge in [0.15, 0.2) is 5.90 Å². The highest BCUT2D eigenvalue weighted by Gasteiger charge is 2.28. The number of methoxy groups -OCH3 is 1. The fourth-order valence-electron chi connectivity index (χ4n) is 2.30. The van der Waals surface area contributed by atoms with Gasteiger partial charge < -0.3 is 4.74 Å². The zero-order valence-corrected chi connectivity index (χ0v) is 9.74. The first-order valence-corrected chi connectivity index (χ1v) is 5.28. The molecule has 1 aliphatic rings. The Bertz CT molecular complexity index is 263. The topological polar surface area (TPSA) is 33.1 Å². The van der Waals surface area contributed by atoms with Crippen LogP contribution in [0, 0.1) is 10.8 Å². The first-order chi connectivity index (χ1) is 6.47. The third-order valence-electron chi connectivity index (χ3n) is 3.27. The van der Waals surface area contributed by atoms with Crippen LogP contribution in [0.5, 0.6) is 0 Å². The Kier molecular flexibility index (Phi) is 3.35. The van der Waals surface area contributed by atoms with Crippen LogP contribution in [0.15, 0.2) is 11.1 Å². The summed E-state index contributed by atoms with van der Waals surface area (Å²) < 4.78 is 4.94. The zero-order valence-electron chi connectivity index (χ0n) is 9.74. The highest BCUT2D eigenvalue weighted by molar-refractivity contribution is 5.75. The lowest BCUT2D eigenvalue weighted by molar-refractivity contribution is 0.344. The van der Waals surface area contributed by atoms with E-state index in [0.29, 0.717) is 12.3 Å². The van der Waals surface area contributed by atoms with Crippen molar-refractivity contribution in [2.75, 3.05) is 7.11 Å². The van der Waals surface area contributed by atoms with Crippen molar-refractivity contribution < 1.29 is 4.74 Å². The number of ether oxygens (including phenoxy) is 1. The van der Waals surface area contributed by atoms with E-state index in [-0.39, 0.29) is 5.41 Å². The molecule has 0 aromatic rings. The lowest BCUT2D eigenvalue weighted by Gasteiger charge is -2.34. The van der Waals surface area contributed by atoms with Crippen LogP contribution in [0.3, 0.4) is 0 Å². The maximum absolute atomic E-state index is 7.58. The predicted octanol–water partition coefficient (Wildman–Crippen LogP) is 3.53. The molecule has 0 atom stereocenters. The van der Waals surface area contributed by atoms with E-state index in [1.807, 2.05) is 0 Å². The van der Waals surface area contributed by atoms with Gasteiger partial charge in [0.05, 0.1) is 7.11 Å². The molecule has 1 N–H and O–H groups in total. The second kappa shape index (κ2) is 4.16. The van der Waals surface area contributed by atoms with Crippen LogP contribution in [0.25, 0.3) is 0 Å². The van der Waals surface area contributed by atoms with Crippen LogP contribution in [0.4, 0.5) is 0 Å². The van der Waals surface area contributed by atoms with E-state index in [2.05, 4.69) is 20.8 Å². The van der Waals surface area contributed by atoms with Crippen LogP contribution in [-0.4, -0.2) is 13.0 Å². The van der Waals surface area contributed by atoms with Crippen LogP contribution >= 0.6 is 0 Å². The van der Waals surface area contributed by atoms with E-state index >= 15 is 0 Å². The molecule has 80 valence electrons. The first kappa shape index (κ1) is 11.3. The standard InChI is InChI=1S/C12H21NO/c1-9-6-5-7-12(2,3)10(9)8-11(13)14-4/h13H,5-8H2,1-4H3. The molecule has 0 aliphatic heterocycles. The third-order valence-corrected chi connectivity index (χ3v) is 3.27. The summed E-state index contributed by atoms with van der Waals surface area (Å²) in [6.07, 6.45) is 4.39. The Hall–Kier alpha value is -0.790.